The predicted octanol–water partition coefficient (Wildman–Crippen LogP) is 3.09. The number of ether oxygens (including phenoxy) is 2. The van der Waals surface area contributed by atoms with Crippen molar-refractivity contribution < 1.29 is 24.2 Å². The maximum Gasteiger partial charge on any atom is 0.341 e. The monoisotopic (exact) mass is 433 g/mol. The van der Waals surface area contributed by atoms with Crippen LogP contribution in [0.25, 0.3) is 0 Å². The van der Waals surface area contributed by atoms with Crippen molar-refractivity contribution in [1.29, 1.82) is 0 Å². The molecular weight excluding hydrogens is 410 g/mol. The van der Waals surface area contributed by atoms with Gasteiger partial charge in [0.15, 0.2) is 18.1 Å². The number of nitrogens with zero attached hydrogens (tertiary/aromatic N) is 3. The van der Waals surface area contributed by atoms with Crippen LogP contribution in [0.1, 0.15) is 10.5 Å². The first kappa shape index (κ1) is 21.2. The number of carbonyl (C=O) groups excluding carboxylic acids is 1. The van der Waals surface area contributed by atoms with E-state index in [9.17, 15) is 9.59 Å². The summed E-state index contributed by atoms with van der Waals surface area (Å²) in [6.45, 7) is 1.60. The van der Waals surface area contributed by atoms with Crippen molar-refractivity contribution in [3.8, 4) is 11.5 Å². The second kappa shape index (κ2) is 9.82. The summed E-state index contributed by atoms with van der Waals surface area (Å²) in [6, 6.07) is 20.1. The van der Waals surface area contributed by atoms with Crippen LogP contribution in [0, 0.1) is 0 Å². The van der Waals surface area contributed by atoms with Gasteiger partial charge in [0.25, 0.3) is 5.91 Å². The fourth-order valence-electron chi connectivity index (χ4n) is 3.57. The number of carbonyl (C=O) groups is 2. The summed E-state index contributed by atoms with van der Waals surface area (Å²) in [5.41, 5.74) is 1.97. The molecule has 0 radical (unpaired) electrons. The summed E-state index contributed by atoms with van der Waals surface area (Å²) < 4.78 is 11.2. The molecule has 0 bridgehead atoms. The third-order valence-corrected chi connectivity index (χ3v) is 5.05. The number of anilines is 2. The normalized spacial score (nSPS) is 12.4. The lowest BCUT2D eigenvalue weighted by atomic mass is 10.2. The molecule has 8 heteroatoms. The highest BCUT2D eigenvalue weighted by molar-refractivity contribution is 6.04. The van der Waals surface area contributed by atoms with Crippen LogP contribution in [0.5, 0.6) is 11.5 Å². The van der Waals surface area contributed by atoms with E-state index in [-0.39, 0.29) is 5.91 Å². The first-order valence-electron chi connectivity index (χ1n) is 10.3. The van der Waals surface area contributed by atoms with Gasteiger partial charge in [-0.15, -0.1) is 0 Å². The standard InChI is InChI=1S/C24H23N3O5/c28-22(29)17-32-21-11-6-10-20-23(21)31-16-15-26(20)13-14-27(18-7-2-1-3-8-18)24(30)19-9-4-5-12-25-19/h1-12H,13-17H2,(H,28,29). The smallest absolute Gasteiger partial charge is 0.341 e. The number of hydrogen-bond donors (Lipinski definition) is 1. The minimum atomic E-state index is -1.05. The first-order chi connectivity index (χ1) is 15.6. The summed E-state index contributed by atoms with van der Waals surface area (Å²) >= 11 is 0. The van der Waals surface area contributed by atoms with Crippen molar-refractivity contribution >= 4 is 23.3 Å². The second-order valence-corrected chi connectivity index (χ2v) is 7.13. The highest BCUT2D eigenvalue weighted by Gasteiger charge is 2.24. The van der Waals surface area contributed by atoms with Gasteiger partial charge in [-0.05, 0) is 36.4 Å². The zero-order chi connectivity index (χ0) is 22.3. The number of pyridine rings is 1. The molecule has 2 aromatic carbocycles. The van der Waals surface area contributed by atoms with Gasteiger partial charge in [0.1, 0.15) is 12.3 Å². The quantitative estimate of drug-likeness (QED) is 0.584. The molecule has 1 aliphatic rings. The summed E-state index contributed by atoms with van der Waals surface area (Å²) in [5.74, 6) is -0.327. The average molecular weight is 433 g/mol. The van der Waals surface area contributed by atoms with Crippen LogP contribution in [0.4, 0.5) is 11.4 Å². The molecule has 32 heavy (non-hydrogen) atoms. The Kier molecular flexibility index (Phi) is 6.50. The highest BCUT2D eigenvalue weighted by atomic mass is 16.5. The molecule has 0 atom stereocenters. The first-order valence-corrected chi connectivity index (χ1v) is 10.3. The van der Waals surface area contributed by atoms with E-state index < -0.39 is 12.6 Å². The van der Waals surface area contributed by atoms with Crippen molar-refractivity contribution in [1.82, 2.24) is 4.98 Å². The van der Waals surface area contributed by atoms with Gasteiger partial charge in [-0.3, -0.25) is 9.78 Å². The van der Waals surface area contributed by atoms with Crippen LogP contribution in [0.15, 0.2) is 72.9 Å². The van der Waals surface area contributed by atoms with Gasteiger partial charge in [0, 0.05) is 25.0 Å². The zero-order valence-electron chi connectivity index (χ0n) is 17.4. The molecule has 4 rings (SSSR count). The fourth-order valence-corrected chi connectivity index (χ4v) is 3.57. The Morgan fingerprint density at radius 3 is 2.62 bits per heavy atom. The van der Waals surface area contributed by atoms with Gasteiger partial charge in [-0.2, -0.15) is 0 Å². The topological polar surface area (TPSA) is 92.2 Å². The van der Waals surface area contributed by atoms with Crippen LogP contribution in [0.2, 0.25) is 0 Å². The summed E-state index contributed by atoms with van der Waals surface area (Å²) in [4.78, 5) is 32.1. The molecule has 0 unspecified atom stereocenters. The SMILES string of the molecule is O=C(O)COc1cccc2c1OCCN2CCN(C(=O)c1ccccn1)c1ccccc1. The van der Waals surface area contributed by atoms with Gasteiger partial charge < -0.3 is 24.4 Å². The molecule has 1 aromatic heterocycles. The van der Waals surface area contributed by atoms with Crippen molar-refractivity contribution in [2.24, 2.45) is 0 Å². The van der Waals surface area contributed by atoms with Crippen LogP contribution < -0.4 is 19.3 Å². The lowest BCUT2D eigenvalue weighted by Crippen LogP contribution is -2.42. The number of aromatic nitrogens is 1. The van der Waals surface area contributed by atoms with E-state index in [1.807, 2.05) is 36.4 Å². The summed E-state index contributed by atoms with van der Waals surface area (Å²) in [6.07, 6.45) is 1.60. The molecule has 1 N–H and O–H groups in total. The van der Waals surface area contributed by atoms with Crippen molar-refractivity contribution in [3.05, 3.63) is 78.6 Å². The summed E-state index contributed by atoms with van der Waals surface area (Å²) in [5, 5.41) is 8.91. The van der Waals surface area contributed by atoms with Gasteiger partial charge in [-0.1, -0.05) is 30.3 Å². The number of rotatable bonds is 8. The van der Waals surface area contributed by atoms with Crippen LogP contribution in [-0.2, 0) is 4.79 Å². The number of benzene rings is 2. The van der Waals surface area contributed by atoms with E-state index in [1.165, 1.54) is 0 Å². The second-order valence-electron chi connectivity index (χ2n) is 7.13. The molecule has 0 fully saturated rings. The maximum atomic E-state index is 13.2. The van der Waals surface area contributed by atoms with Crippen molar-refractivity contribution in [3.63, 3.8) is 0 Å². The van der Waals surface area contributed by atoms with Gasteiger partial charge in [0.05, 0.1) is 12.2 Å². The highest BCUT2D eigenvalue weighted by Crippen LogP contribution is 2.39. The molecule has 2 heterocycles. The Morgan fingerprint density at radius 1 is 1.06 bits per heavy atom. The molecule has 0 aliphatic carbocycles. The molecule has 164 valence electrons. The van der Waals surface area contributed by atoms with Gasteiger partial charge >= 0.3 is 5.97 Å². The Balaban J connectivity index is 1.55. The molecular formula is C24H23N3O5. The van der Waals surface area contributed by atoms with E-state index in [2.05, 4.69) is 9.88 Å². The lowest BCUT2D eigenvalue weighted by Gasteiger charge is -2.34. The zero-order valence-corrected chi connectivity index (χ0v) is 17.4. The largest absolute Gasteiger partial charge is 0.486 e. The number of fused-ring (bicyclic) bond motifs is 1. The molecule has 3 aromatic rings. The number of aliphatic carboxylic acids is 1. The number of para-hydroxylation sites is 2. The van der Waals surface area contributed by atoms with E-state index >= 15 is 0 Å². The van der Waals surface area contributed by atoms with Gasteiger partial charge in [0.2, 0.25) is 0 Å². The minimum absolute atomic E-state index is 0.177. The Hall–Kier alpha value is -4.07. The van der Waals surface area contributed by atoms with Gasteiger partial charge in [-0.25, -0.2) is 4.79 Å². The summed E-state index contributed by atoms with van der Waals surface area (Å²) in [7, 11) is 0. The van der Waals surface area contributed by atoms with E-state index in [0.717, 1.165) is 11.4 Å². The predicted molar refractivity (Wildman–Crippen MR) is 120 cm³/mol. The minimum Gasteiger partial charge on any atom is -0.486 e. The number of carboxylic acids is 1. The Bertz CT molecular complexity index is 1080. The molecule has 1 aliphatic heterocycles. The number of hydrogen-bond acceptors (Lipinski definition) is 6. The lowest BCUT2D eigenvalue weighted by molar-refractivity contribution is -0.139. The molecule has 0 spiro atoms. The van der Waals surface area contributed by atoms with Crippen LogP contribution in [0.3, 0.4) is 0 Å². The van der Waals surface area contributed by atoms with Crippen LogP contribution >= 0.6 is 0 Å². The Morgan fingerprint density at radius 2 is 1.88 bits per heavy atom. The van der Waals surface area contributed by atoms with Crippen molar-refractivity contribution in [2.45, 2.75) is 0 Å². The van der Waals surface area contributed by atoms with E-state index in [1.54, 1.807) is 41.4 Å². The number of amides is 1. The average Bonchev–Trinajstić information content (AvgIpc) is 2.84. The molecule has 1 amide bonds. The molecule has 0 saturated carbocycles. The Labute approximate surface area is 185 Å². The molecule has 8 nitrogen and oxygen atoms in total. The van der Waals surface area contributed by atoms with Crippen molar-refractivity contribution in [2.75, 3.05) is 42.6 Å². The van der Waals surface area contributed by atoms with E-state index in [0.29, 0.717) is 43.4 Å². The fraction of sp³-hybridized carbons (Fsp3) is 0.208. The molecule has 0 saturated heterocycles. The third kappa shape index (κ3) is 4.80. The maximum absolute atomic E-state index is 13.2. The van der Waals surface area contributed by atoms with E-state index in [4.69, 9.17) is 14.6 Å². The number of carboxylic acid groups (broad SMARTS) is 1. The van der Waals surface area contributed by atoms with Crippen LogP contribution in [-0.4, -0.2) is 54.8 Å². The third-order valence-electron chi connectivity index (χ3n) is 5.05.